The molecular weight excluding hydrogens is 234 g/mol. The summed E-state index contributed by atoms with van der Waals surface area (Å²) < 4.78 is 0. The van der Waals surface area contributed by atoms with E-state index in [1.807, 2.05) is 0 Å². The van der Waals surface area contributed by atoms with E-state index in [9.17, 15) is 14.7 Å². The molecule has 1 aliphatic rings. The van der Waals surface area contributed by atoms with E-state index < -0.39 is 12.1 Å². The Kier molecular flexibility index (Phi) is 6.07. The van der Waals surface area contributed by atoms with Crippen molar-refractivity contribution >= 4 is 11.9 Å². The summed E-state index contributed by atoms with van der Waals surface area (Å²) in [6, 6.07) is -0.912. The first kappa shape index (κ1) is 14.9. The fourth-order valence-corrected chi connectivity index (χ4v) is 2.33. The minimum Gasteiger partial charge on any atom is -0.396 e. The standard InChI is InChI=1S/C12H23N3O3/c1-8(11(17)15-12(18)13-2)14-6-9-4-3-5-10(9)7-16/h8-10,14,16H,3-7H2,1-2H3,(H2,13,15,17,18). The second-order valence-corrected chi connectivity index (χ2v) is 4.83. The summed E-state index contributed by atoms with van der Waals surface area (Å²) in [6.45, 7) is 2.64. The number of hydrogen-bond acceptors (Lipinski definition) is 4. The molecule has 0 radical (unpaired) electrons. The molecule has 1 saturated carbocycles. The highest BCUT2D eigenvalue weighted by atomic mass is 16.3. The second-order valence-electron chi connectivity index (χ2n) is 4.83. The van der Waals surface area contributed by atoms with Crippen molar-refractivity contribution in [3.63, 3.8) is 0 Å². The number of nitrogens with one attached hydrogen (secondary N) is 3. The number of hydrogen-bond donors (Lipinski definition) is 4. The van der Waals surface area contributed by atoms with Gasteiger partial charge in [0.2, 0.25) is 5.91 Å². The Labute approximate surface area is 108 Å². The van der Waals surface area contributed by atoms with Crippen molar-refractivity contribution in [1.29, 1.82) is 0 Å². The molecule has 3 unspecified atom stereocenters. The van der Waals surface area contributed by atoms with Crippen LogP contribution in [-0.4, -0.2) is 43.3 Å². The summed E-state index contributed by atoms with van der Waals surface area (Å²) in [7, 11) is 1.46. The van der Waals surface area contributed by atoms with Crippen LogP contribution in [0.5, 0.6) is 0 Å². The summed E-state index contributed by atoms with van der Waals surface area (Å²) in [4.78, 5) is 22.6. The first-order valence-corrected chi connectivity index (χ1v) is 6.45. The molecule has 4 N–H and O–H groups in total. The van der Waals surface area contributed by atoms with Crippen LogP contribution in [0.15, 0.2) is 0 Å². The summed E-state index contributed by atoms with van der Waals surface area (Å²) in [5.74, 6) is 0.421. The van der Waals surface area contributed by atoms with Crippen LogP contribution < -0.4 is 16.0 Å². The zero-order valence-electron chi connectivity index (χ0n) is 11.0. The van der Waals surface area contributed by atoms with E-state index in [-0.39, 0.29) is 12.5 Å². The zero-order chi connectivity index (χ0) is 13.5. The predicted octanol–water partition coefficient (Wildman–Crippen LogP) is -0.171. The number of carbonyl (C=O) groups excluding carboxylic acids is 2. The van der Waals surface area contributed by atoms with Crippen LogP contribution in [0.2, 0.25) is 0 Å². The molecule has 0 saturated heterocycles. The molecule has 1 fully saturated rings. The zero-order valence-corrected chi connectivity index (χ0v) is 11.0. The summed E-state index contributed by atoms with van der Waals surface area (Å²) >= 11 is 0. The average Bonchev–Trinajstić information content (AvgIpc) is 2.82. The van der Waals surface area contributed by atoms with E-state index in [1.54, 1.807) is 6.92 Å². The number of imide groups is 1. The van der Waals surface area contributed by atoms with Crippen LogP contribution in [0.1, 0.15) is 26.2 Å². The van der Waals surface area contributed by atoms with Crippen molar-refractivity contribution in [2.75, 3.05) is 20.2 Å². The molecular formula is C12H23N3O3. The van der Waals surface area contributed by atoms with E-state index in [2.05, 4.69) is 16.0 Å². The van der Waals surface area contributed by atoms with E-state index in [4.69, 9.17) is 0 Å². The van der Waals surface area contributed by atoms with Gasteiger partial charge in [0.1, 0.15) is 0 Å². The molecule has 6 nitrogen and oxygen atoms in total. The van der Waals surface area contributed by atoms with E-state index in [0.717, 1.165) is 19.3 Å². The highest BCUT2D eigenvalue weighted by Gasteiger charge is 2.27. The van der Waals surface area contributed by atoms with Crippen molar-refractivity contribution in [2.45, 2.75) is 32.2 Å². The van der Waals surface area contributed by atoms with Gasteiger partial charge in [-0.15, -0.1) is 0 Å². The van der Waals surface area contributed by atoms with Gasteiger partial charge in [0.25, 0.3) is 0 Å². The van der Waals surface area contributed by atoms with Gasteiger partial charge in [-0.25, -0.2) is 4.79 Å². The van der Waals surface area contributed by atoms with Gasteiger partial charge in [-0.2, -0.15) is 0 Å². The van der Waals surface area contributed by atoms with Gasteiger partial charge < -0.3 is 15.7 Å². The van der Waals surface area contributed by atoms with Crippen molar-refractivity contribution < 1.29 is 14.7 Å². The third-order valence-corrected chi connectivity index (χ3v) is 3.59. The Morgan fingerprint density at radius 2 is 2.00 bits per heavy atom. The minimum absolute atomic E-state index is 0.213. The Bertz CT molecular complexity index is 296. The summed E-state index contributed by atoms with van der Waals surface area (Å²) in [6.07, 6.45) is 3.28. The maximum atomic E-state index is 11.6. The molecule has 3 atom stereocenters. The van der Waals surface area contributed by atoms with Gasteiger partial charge in [0.05, 0.1) is 6.04 Å². The summed E-state index contributed by atoms with van der Waals surface area (Å²) in [5.41, 5.74) is 0. The third-order valence-electron chi connectivity index (χ3n) is 3.59. The maximum Gasteiger partial charge on any atom is 0.321 e. The number of carbonyl (C=O) groups is 2. The van der Waals surface area contributed by atoms with E-state index in [0.29, 0.717) is 18.4 Å². The van der Waals surface area contributed by atoms with Crippen molar-refractivity contribution in [1.82, 2.24) is 16.0 Å². The molecule has 6 heteroatoms. The largest absolute Gasteiger partial charge is 0.396 e. The molecule has 1 aliphatic carbocycles. The third kappa shape index (κ3) is 4.27. The van der Waals surface area contributed by atoms with Gasteiger partial charge in [-0.05, 0) is 38.1 Å². The quantitative estimate of drug-likeness (QED) is 0.550. The Morgan fingerprint density at radius 1 is 1.33 bits per heavy atom. The van der Waals surface area contributed by atoms with Gasteiger partial charge >= 0.3 is 6.03 Å². The van der Waals surface area contributed by atoms with Crippen LogP contribution in [-0.2, 0) is 4.79 Å². The maximum absolute atomic E-state index is 11.6. The number of amides is 3. The molecule has 0 heterocycles. The Hall–Kier alpha value is -1.14. The first-order chi connectivity index (χ1) is 8.58. The van der Waals surface area contributed by atoms with Crippen LogP contribution >= 0.6 is 0 Å². The van der Waals surface area contributed by atoms with Crippen molar-refractivity contribution in [3.05, 3.63) is 0 Å². The minimum atomic E-state index is -0.497. The fourth-order valence-electron chi connectivity index (χ4n) is 2.33. The molecule has 1 rings (SSSR count). The van der Waals surface area contributed by atoms with Gasteiger partial charge in [-0.1, -0.05) is 6.42 Å². The Morgan fingerprint density at radius 3 is 2.61 bits per heavy atom. The summed E-state index contributed by atoms with van der Waals surface area (Å²) in [5, 5.41) is 16.9. The lowest BCUT2D eigenvalue weighted by molar-refractivity contribution is -0.121. The topological polar surface area (TPSA) is 90.5 Å². The highest BCUT2D eigenvalue weighted by Crippen LogP contribution is 2.30. The van der Waals surface area contributed by atoms with Crippen LogP contribution in [0, 0.1) is 11.8 Å². The molecule has 0 aliphatic heterocycles. The first-order valence-electron chi connectivity index (χ1n) is 6.45. The highest BCUT2D eigenvalue weighted by molar-refractivity contribution is 5.96. The number of aliphatic hydroxyl groups is 1. The molecule has 0 bridgehead atoms. The van der Waals surface area contributed by atoms with Gasteiger partial charge in [0.15, 0.2) is 0 Å². The molecule has 18 heavy (non-hydrogen) atoms. The van der Waals surface area contributed by atoms with Crippen molar-refractivity contribution in [2.24, 2.45) is 11.8 Å². The number of urea groups is 1. The van der Waals surface area contributed by atoms with E-state index >= 15 is 0 Å². The van der Waals surface area contributed by atoms with Crippen LogP contribution in [0.4, 0.5) is 4.79 Å². The van der Waals surface area contributed by atoms with Gasteiger partial charge in [-0.3, -0.25) is 10.1 Å². The molecule has 3 amide bonds. The predicted molar refractivity (Wildman–Crippen MR) is 68.0 cm³/mol. The van der Waals surface area contributed by atoms with E-state index in [1.165, 1.54) is 7.05 Å². The lowest BCUT2D eigenvalue weighted by Gasteiger charge is -2.20. The monoisotopic (exact) mass is 257 g/mol. The SMILES string of the molecule is CNC(=O)NC(=O)C(C)NCC1CCCC1CO. The fraction of sp³-hybridized carbons (Fsp3) is 0.833. The lowest BCUT2D eigenvalue weighted by Crippen LogP contribution is -2.48. The molecule has 0 aromatic rings. The molecule has 0 aromatic heterocycles. The number of aliphatic hydroxyl groups excluding tert-OH is 1. The average molecular weight is 257 g/mol. The van der Waals surface area contributed by atoms with Crippen LogP contribution in [0.3, 0.4) is 0 Å². The molecule has 104 valence electrons. The normalized spacial score (nSPS) is 24.6. The molecule has 0 aromatic carbocycles. The Balaban J connectivity index is 2.29. The second kappa shape index (κ2) is 7.33. The molecule has 0 spiro atoms. The lowest BCUT2D eigenvalue weighted by atomic mass is 9.97. The van der Waals surface area contributed by atoms with Crippen LogP contribution in [0.25, 0.3) is 0 Å². The smallest absolute Gasteiger partial charge is 0.321 e. The van der Waals surface area contributed by atoms with Gasteiger partial charge in [0, 0.05) is 13.7 Å². The number of rotatable bonds is 5. The van der Waals surface area contributed by atoms with Crippen molar-refractivity contribution in [3.8, 4) is 0 Å².